The molecule has 7 rings (SSSR count). The molecule has 8 nitrogen and oxygen atoms in total. The van der Waals surface area contributed by atoms with Gasteiger partial charge in [0.05, 0.1) is 65.1 Å². The van der Waals surface area contributed by atoms with Gasteiger partial charge in [0, 0.05) is 33.2 Å². The molecule has 0 radical (unpaired) electrons. The van der Waals surface area contributed by atoms with Crippen molar-refractivity contribution in [2.75, 3.05) is 68.6 Å². The average Bonchev–Trinajstić information content (AvgIpc) is 3.88. The van der Waals surface area contributed by atoms with Crippen LogP contribution in [0.2, 0.25) is 0 Å². The zero-order valence-electron chi connectivity index (χ0n) is 30.6. The van der Waals surface area contributed by atoms with Crippen molar-refractivity contribution in [3.05, 3.63) is 108 Å². The minimum absolute atomic E-state index is 0. The van der Waals surface area contributed by atoms with Crippen LogP contribution in [-0.2, 0) is 0 Å². The van der Waals surface area contributed by atoms with E-state index in [0.29, 0.717) is 13.2 Å². The molecule has 52 heavy (non-hydrogen) atoms. The van der Waals surface area contributed by atoms with E-state index < -0.39 is 0 Å². The number of ether oxygens (including phenoxy) is 2. The molecule has 2 N–H and O–H groups in total. The molecule has 8 bridgehead atoms. The molecular weight excluding hydrogens is 691 g/mol. The summed E-state index contributed by atoms with van der Waals surface area (Å²) in [5, 5.41) is 0. The summed E-state index contributed by atoms with van der Waals surface area (Å²) in [5.74, 6) is 1.72. The highest BCUT2D eigenvalue weighted by atomic mass is 35.5. The average molecular weight is 738 g/mol. The van der Waals surface area contributed by atoms with Crippen molar-refractivity contribution in [1.82, 2.24) is 19.9 Å². The number of quaternary nitrogens is 2. The van der Waals surface area contributed by atoms with E-state index in [4.69, 9.17) is 19.4 Å². The van der Waals surface area contributed by atoms with Crippen molar-refractivity contribution in [2.24, 2.45) is 0 Å². The van der Waals surface area contributed by atoms with Crippen LogP contribution < -0.4 is 34.3 Å². The summed E-state index contributed by atoms with van der Waals surface area (Å²) in [7, 11) is 13.0. The number of hydrogen-bond acceptors (Lipinski definition) is 4. The molecule has 5 heterocycles. The Bertz CT molecular complexity index is 2150. The monoisotopic (exact) mass is 736 g/mol. The number of halogens is 2. The van der Waals surface area contributed by atoms with Crippen LogP contribution in [0.4, 0.5) is 0 Å². The molecule has 10 heteroatoms. The summed E-state index contributed by atoms with van der Waals surface area (Å²) in [6.07, 6.45) is 8.27. The molecule has 0 saturated carbocycles. The lowest BCUT2D eigenvalue weighted by Gasteiger charge is -2.23. The number of aromatic amines is 2. The van der Waals surface area contributed by atoms with E-state index in [0.717, 1.165) is 101 Å². The third-order valence-electron chi connectivity index (χ3n) is 8.75. The van der Waals surface area contributed by atoms with Crippen LogP contribution in [0.5, 0.6) is 11.5 Å². The first-order valence-corrected chi connectivity index (χ1v) is 17.1. The first-order valence-electron chi connectivity index (χ1n) is 17.1. The highest BCUT2D eigenvalue weighted by Crippen LogP contribution is 2.33. The Morgan fingerprint density at radius 2 is 0.904 bits per heavy atom. The normalized spacial score (nSPS) is 12.3. The third kappa shape index (κ3) is 9.32. The van der Waals surface area contributed by atoms with Crippen molar-refractivity contribution in [3.63, 3.8) is 0 Å². The molecule has 270 valence electrons. The number of benzene rings is 2. The maximum Gasteiger partial charge on any atom is 0.137 e. The predicted octanol–water partition coefficient (Wildman–Crippen LogP) is 2.17. The fraction of sp³-hybridized carbons (Fsp3) is 0.238. The predicted molar refractivity (Wildman–Crippen MR) is 207 cm³/mol. The molecule has 0 aliphatic carbocycles. The lowest BCUT2D eigenvalue weighted by Crippen LogP contribution is -3.00. The maximum absolute atomic E-state index is 6.06. The Morgan fingerprint density at radius 3 is 1.31 bits per heavy atom. The van der Waals surface area contributed by atoms with Crippen LogP contribution >= 0.6 is 0 Å². The van der Waals surface area contributed by atoms with Gasteiger partial charge in [-0.1, -0.05) is 24.3 Å². The molecule has 0 atom stereocenters. The summed E-state index contributed by atoms with van der Waals surface area (Å²) in [6, 6.07) is 29.3. The zero-order chi connectivity index (χ0) is 34.9. The number of likely N-dealkylation sites (N-methyl/N-ethyl adjacent to an activating group) is 2. The summed E-state index contributed by atoms with van der Waals surface area (Å²) < 4.78 is 13.8. The van der Waals surface area contributed by atoms with Gasteiger partial charge in [0.25, 0.3) is 0 Å². The number of nitrogens with zero attached hydrogens (tertiary/aromatic N) is 4. The Labute approximate surface area is 318 Å². The molecule has 0 unspecified atom stereocenters. The Hall–Kier alpha value is -4.86. The van der Waals surface area contributed by atoms with E-state index >= 15 is 0 Å². The van der Waals surface area contributed by atoms with Crippen molar-refractivity contribution < 1.29 is 43.3 Å². The summed E-state index contributed by atoms with van der Waals surface area (Å²) in [4.78, 5) is 17.5. The van der Waals surface area contributed by atoms with E-state index in [-0.39, 0.29) is 24.8 Å². The third-order valence-corrected chi connectivity index (χ3v) is 8.75. The van der Waals surface area contributed by atoms with Gasteiger partial charge < -0.3 is 53.2 Å². The molecule has 2 aliphatic heterocycles. The second kappa shape index (κ2) is 15.8. The van der Waals surface area contributed by atoms with Gasteiger partial charge in [0.2, 0.25) is 0 Å². The van der Waals surface area contributed by atoms with Crippen molar-refractivity contribution in [1.29, 1.82) is 0 Å². The van der Waals surface area contributed by atoms with Gasteiger partial charge >= 0.3 is 0 Å². The maximum atomic E-state index is 6.06. The minimum Gasteiger partial charge on any atom is -1.00 e. The second-order valence-electron chi connectivity index (χ2n) is 15.0. The molecule has 0 saturated heterocycles. The summed E-state index contributed by atoms with van der Waals surface area (Å²) >= 11 is 0. The van der Waals surface area contributed by atoms with Crippen LogP contribution in [0, 0.1) is 0 Å². The highest BCUT2D eigenvalue weighted by Gasteiger charge is 2.15. The summed E-state index contributed by atoms with van der Waals surface area (Å²) in [6.45, 7) is 3.18. The Balaban J connectivity index is 0.00000261. The smallest absolute Gasteiger partial charge is 0.137 e. The van der Waals surface area contributed by atoms with Gasteiger partial charge in [-0.15, -0.1) is 0 Å². The fourth-order valence-electron chi connectivity index (χ4n) is 5.99. The van der Waals surface area contributed by atoms with Crippen molar-refractivity contribution in [2.45, 2.75) is 0 Å². The van der Waals surface area contributed by atoms with Crippen LogP contribution in [0.25, 0.3) is 68.6 Å². The van der Waals surface area contributed by atoms with Gasteiger partial charge in [0.15, 0.2) is 0 Å². The molecule has 2 aromatic carbocycles. The molecule has 0 fully saturated rings. The molecule has 5 aromatic rings. The number of nitrogens with one attached hydrogen (secondary N) is 2. The van der Waals surface area contributed by atoms with E-state index in [1.807, 2.05) is 12.1 Å². The topological polar surface area (TPSA) is 75.8 Å². The minimum atomic E-state index is 0. The van der Waals surface area contributed by atoms with E-state index in [2.05, 4.69) is 149 Å². The van der Waals surface area contributed by atoms with Gasteiger partial charge in [-0.25, -0.2) is 9.97 Å². The van der Waals surface area contributed by atoms with E-state index in [1.54, 1.807) is 0 Å². The van der Waals surface area contributed by atoms with Gasteiger partial charge in [-0.05, 0) is 96.1 Å². The van der Waals surface area contributed by atoms with Crippen molar-refractivity contribution >= 4 is 46.4 Å². The lowest BCUT2D eigenvalue weighted by atomic mass is 10.0. The first-order chi connectivity index (χ1) is 24.0. The Morgan fingerprint density at radius 1 is 0.500 bits per heavy atom. The second-order valence-corrected chi connectivity index (χ2v) is 15.0. The number of hydrogen-bond donors (Lipinski definition) is 2. The van der Waals surface area contributed by atoms with Crippen LogP contribution in [0.1, 0.15) is 22.8 Å². The Kier molecular flexibility index (Phi) is 11.7. The zero-order valence-corrected chi connectivity index (χ0v) is 32.1. The number of aromatic nitrogens is 4. The van der Waals surface area contributed by atoms with E-state index in [1.165, 1.54) is 0 Å². The summed E-state index contributed by atoms with van der Waals surface area (Å²) in [5.41, 5.74) is 11.6. The van der Waals surface area contributed by atoms with Crippen LogP contribution in [0.3, 0.4) is 0 Å². The largest absolute Gasteiger partial charge is 1.00 e. The van der Waals surface area contributed by atoms with E-state index in [9.17, 15) is 0 Å². The van der Waals surface area contributed by atoms with Crippen LogP contribution in [-0.4, -0.2) is 97.5 Å². The highest BCUT2D eigenvalue weighted by molar-refractivity contribution is 5.94. The lowest BCUT2D eigenvalue weighted by molar-refractivity contribution is -0.870. The van der Waals surface area contributed by atoms with Gasteiger partial charge in [-0.3, -0.25) is 0 Å². The number of H-pyrrole nitrogens is 2. The molecule has 3 aromatic heterocycles. The molecular formula is C42H46Cl2N6O2. The van der Waals surface area contributed by atoms with Gasteiger partial charge in [-0.2, -0.15) is 0 Å². The fourth-order valence-corrected chi connectivity index (χ4v) is 5.99. The SMILES string of the molecule is C[N+](C)(C)CCOc1ccc(-c2c3nc(cc4ccc([nH]4)c(-c4ccc(OCC[N+](C)(C)C)cc4)c4ccc(cc5nc2C=C5)[nH]4)C=C3)cc1.[Cl-].[Cl-]. The number of rotatable bonds is 10. The standard InChI is InChI=1S/C42H46N6O2.2ClH/c1-47(2,3)23-25-49-35-15-7-29(8-16-35)41-37-19-11-31(43-37)27-33-13-21-39(45-33)42(30-9-17-36(18-10-30)50-26-24-48(4,5)6)40-22-14-34(46-40)28-32-12-20-38(41)44-32;;/h7-22,27-28,43-44H,23-26H2,1-6H3;2*1H/q+2;;/p-2. The van der Waals surface area contributed by atoms with Gasteiger partial charge in [0.1, 0.15) is 37.8 Å². The molecule has 0 amide bonds. The number of fused-ring (bicyclic) bond motifs is 8. The van der Waals surface area contributed by atoms with Crippen molar-refractivity contribution in [3.8, 4) is 33.8 Å². The molecule has 0 spiro atoms. The molecule has 2 aliphatic rings. The first kappa shape index (κ1) is 38.4. The quantitative estimate of drug-likeness (QED) is 0.211. The van der Waals surface area contributed by atoms with Crippen LogP contribution in [0.15, 0.2) is 84.9 Å².